The molecule has 6 heteroatoms. The van der Waals surface area contributed by atoms with Gasteiger partial charge in [-0.1, -0.05) is 12.1 Å². The molecule has 1 fully saturated rings. The fraction of sp³-hybridized carbons (Fsp3) is 0.409. The molecule has 1 heterocycles. The van der Waals surface area contributed by atoms with Crippen molar-refractivity contribution >= 4 is 11.7 Å². The van der Waals surface area contributed by atoms with E-state index in [0.717, 1.165) is 43.2 Å². The molecular formula is C22H28N2O4. The van der Waals surface area contributed by atoms with E-state index in [0.29, 0.717) is 18.7 Å². The minimum absolute atomic E-state index is 0.290. The highest BCUT2D eigenvalue weighted by Crippen LogP contribution is 2.18. The molecule has 0 radical (unpaired) electrons. The molecule has 1 aliphatic heterocycles. The lowest BCUT2D eigenvalue weighted by Gasteiger charge is -2.36. The number of esters is 1. The van der Waals surface area contributed by atoms with Crippen LogP contribution in [0.2, 0.25) is 0 Å². The molecule has 1 atom stereocenters. The average Bonchev–Trinajstić information content (AvgIpc) is 2.72. The van der Waals surface area contributed by atoms with E-state index in [2.05, 4.69) is 9.80 Å². The number of aryl methyl sites for hydroxylation is 1. The summed E-state index contributed by atoms with van der Waals surface area (Å²) in [6, 6.07) is 15.3. The smallest absolute Gasteiger partial charge is 0.337 e. The van der Waals surface area contributed by atoms with Gasteiger partial charge in [-0.05, 0) is 48.9 Å². The van der Waals surface area contributed by atoms with Crippen LogP contribution in [0.25, 0.3) is 0 Å². The number of hydrogen-bond donors (Lipinski definition) is 1. The number of carbonyl (C=O) groups is 1. The first-order chi connectivity index (χ1) is 13.5. The number of anilines is 1. The van der Waals surface area contributed by atoms with Gasteiger partial charge in [0.25, 0.3) is 0 Å². The lowest BCUT2D eigenvalue weighted by molar-refractivity contribution is 0.0600. The first-order valence-corrected chi connectivity index (χ1v) is 9.58. The van der Waals surface area contributed by atoms with E-state index in [1.54, 1.807) is 12.1 Å². The summed E-state index contributed by atoms with van der Waals surface area (Å²) in [5, 5.41) is 10.3. The van der Waals surface area contributed by atoms with Gasteiger partial charge in [-0.25, -0.2) is 4.79 Å². The number of nitrogens with zero attached hydrogens (tertiary/aromatic N) is 2. The largest absolute Gasteiger partial charge is 0.491 e. The predicted octanol–water partition coefficient (Wildman–Crippen LogP) is 2.34. The second-order valence-corrected chi connectivity index (χ2v) is 7.11. The highest BCUT2D eigenvalue weighted by atomic mass is 16.5. The van der Waals surface area contributed by atoms with Crippen molar-refractivity contribution in [2.24, 2.45) is 0 Å². The van der Waals surface area contributed by atoms with E-state index in [1.807, 2.05) is 43.3 Å². The van der Waals surface area contributed by atoms with Gasteiger partial charge in [0.05, 0.1) is 12.7 Å². The van der Waals surface area contributed by atoms with Crippen molar-refractivity contribution in [2.45, 2.75) is 13.0 Å². The van der Waals surface area contributed by atoms with Crippen LogP contribution in [0.5, 0.6) is 5.75 Å². The van der Waals surface area contributed by atoms with E-state index in [1.165, 1.54) is 7.11 Å². The number of benzene rings is 2. The Morgan fingerprint density at radius 1 is 1.11 bits per heavy atom. The van der Waals surface area contributed by atoms with E-state index in [9.17, 15) is 9.90 Å². The van der Waals surface area contributed by atoms with E-state index in [-0.39, 0.29) is 5.97 Å². The third-order valence-electron chi connectivity index (χ3n) is 4.93. The molecule has 28 heavy (non-hydrogen) atoms. The Labute approximate surface area is 166 Å². The number of rotatable bonds is 7. The van der Waals surface area contributed by atoms with Crippen LogP contribution in [-0.4, -0.2) is 68.5 Å². The zero-order valence-electron chi connectivity index (χ0n) is 16.5. The number of piperazine rings is 1. The van der Waals surface area contributed by atoms with Gasteiger partial charge >= 0.3 is 5.97 Å². The zero-order chi connectivity index (χ0) is 19.9. The van der Waals surface area contributed by atoms with Gasteiger partial charge in [0.2, 0.25) is 0 Å². The summed E-state index contributed by atoms with van der Waals surface area (Å²) >= 11 is 0. The second kappa shape index (κ2) is 9.57. The molecule has 2 aromatic rings. The highest BCUT2D eigenvalue weighted by molar-refractivity contribution is 5.89. The maximum Gasteiger partial charge on any atom is 0.337 e. The number of β-amino-alcohol motifs (C(OH)–C–C–N with tert-alkyl or cyclic N) is 1. The third kappa shape index (κ3) is 5.47. The predicted molar refractivity (Wildman–Crippen MR) is 109 cm³/mol. The van der Waals surface area contributed by atoms with Crippen molar-refractivity contribution in [1.29, 1.82) is 0 Å². The summed E-state index contributed by atoms with van der Waals surface area (Å²) in [5.41, 5.74) is 2.79. The Hall–Kier alpha value is -2.57. The van der Waals surface area contributed by atoms with Crippen molar-refractivity contribution in [3.05, 3.63) is 59.7 Å². The summed E-state index contributed by atoms with van der Waals surface area (Å²) in [7, 11) is 1.38. The van der Waals surface area contributed by atoms with Gasteiger partial charge in [-0.3, -0.25) is 4.90 Å². The number of carbonyl (C=O) groups excluding carboxylic acids is 1. The van der Waals surface area contributed by atoms with Crippen molar-refractivity contribution in [2.75, 3.05) is 51.3 Å². The van der Waals surface area contributed by atoms with Crippen LogP contribution in [0.1, 0.15) is 15.9 Å². The maximum atomic E-state index is 11.5. The Kier molecular flexibility index (Phi) is 6.90. The minimum atomic E-state index is -0.522. The number of hydrogen-bond acceptors (Lipinski definition) is 6. The van der Waals surface area contributed by atoms with Crippen LogP contribution in [0.4, 0.5) is 5.69 Å². The Balaban J connectivity index is 1.42. The second-order valence-electron chi connectivity index (χ2n) is 7.11. The standard InChI is InChI=1S/C22H28N2O4/c1-17-4-3-5-21(14-17)28-16-20(25)15-23-10-12-24(13-11-23)19-8-6-18(7-9-19)22(26)27-2/h3-9,14,20,25H,10-13,15-16H2,1-2H3/t20-/m1/s1. The first kappa shape index (κ1) is 20.2. The van der Waals surface area contributed by atoms with E-state index in [4.69, 9.17) is 9.47 Å². The fourth-order valence-corrected chi connectivity index (χ4v) is 3.36. The monoisotopic (exact) mass is 384 g/mol. The van der Waals surface area contributed by atoms with Gasteiger partial charge < -0.3 is 19.5 Å². The van der Waals surface area contributed by atoms with Crippen LogP contribution in [0.15, 0.2) is 48.5 Å². The lowest BCUT2D eigenvalue weighted by Crippen LogP contribution is -2.49. The van der Waals surface area contributed by atoms with Gasteiger partial charge in [-0.15, -0.1) is 0 Å². The van der Waals surface area contributed by atoms with E-state index >= 15 is 0 Å². The summed E-state index contributed by atoms with van der Waals surface area (Å²) < 4.78 is 10.4. The molecule has 0 bridgehead atoms. The van der Waals surface area contributed by atoms with Crippen LogP contribution < -0.4 is 9.64 Å². The number of ether oxygens (including phenoxy) is 2. The Morgan fingerprint density at radius 2 is 1.82 bits per heavy atom. The zero-order valence-corrected chi connectivity index (χ0v) is 16.5. The Bertz CT molecular complexity index is 770. The highest BCUT2D eigenvalue weighted by Gasteiger charge is 2.20. The molecule has 1 N–H and O–H groups in total. The third-order valence-corrected chi connectivity index (χ3v) is 4.93. The molecular weight excluding hydrogens is 356 g/mol. The topological polar surface area (TPSA) is 62.2 Å². The van der Waals surface area contributed by atoms with Crippen LogP contribution in [-0.2, 0) is 4.74 Å². The Morgan fingerprint density at radius 3 is 2.46 bits per heavy atom. The molecule has 0 spiro atoms. The van der Waals surface area contributed by atoms with Crippen LogP contribution >= 0.6 is 0 Å². The molecule has 0 aromatic heterocycles. The van der Waals surface area contributed by atoms with Crippen LogP contribution in [0.3, 0.4) is 0 Å². The summed E-state index contributed by atoms with van der Waals surface area (Å²) in [4.78, 5) is 16.1. The van der Waals surface area contributed by atoms with Gasteiger partial charge in [0.15, 0.2) is 0 Å². The van der Waals surface area contributed by atoms with Gasteiger partial charge in [0.1, 0.15) is 18.5 Å². The van der Waals surface area contributed by atoms with Crippen molar-refractivity contribution in [1.82, 2.24) is 4.90 Å². The normalized spacial score (nSPS) is 15.9. The van der Waals surface area contributed by atoms with Gasteiger partial charge in [-0.2, -0.15) is 0 Å². The molecule has 2 aromatic carbocycles. The number of aliphatic hydroxyl groups excluding tert-OH is 1. The molecule has 0 saturated carbocycles. The van der Waals surface area contributed by atoms with Gasteiger partial charge in [0, 0.05) is 38.4 Å². The SMILES string of the molecule is COC(=O)c1ccc(N2CCN(C[C@@H](O)COc3cccc(C)c3)CC2)cc1. The summed E-state index contributed by atoms with van der Waals surface area (Å²) in [5.74, 6) is 0.470. The molecule has 1 aliphatic rings. The minimum Gasteiger partial charge on any atom is -0.491 e. The van der Waals surface area contributed by atoms with E-state index < -0.39 is 6.10 Å². The quantitative estimate of drug-likeness (QED) is 0.740. The molecule has 3 rings (SSSR count). The molecule has 150 valence electrons. The number of aliphatic hydroxyl groups is 1. The first-order valence-electron chi connectivity index (χ1n) is 9.58. The summed E-state index contributed by atoms with van der Waals surface area (Å²) in [6.45, 7) is 6.41. The fourth-order valence-electron chi connectivity index (χ4n) is 3.36. The number of methoxy groups -OCH3 is 1. The lowest BCUT2D eigenvalue weighted by atomic mass is 10.1. The average molecular weight is 384 g/mol. The molecule has 6 nitrogen and oxygen atoms in total. The maximum absolute atomic E-state index is 11.5. The molecule has 1 saturated heterocycles. The molecule has 0 amide bonds. The van der Waals surface area contributed by atoms with Crippen molar-refractivity contribution in [3.8, 4) is 5.75 Å². The summed E-state index contributed by atoms with van der Waals surface area (Å²) in [6.07, 6.45) is -0.522. The van der Waals surface area contributed by atoms with Crippen LogP contribution in [0, 0.1) is 6.92 Å². The molecule has 0 unspecified atom stereocenters. The van der Waals surface area contributed by atoms with Crippen molar-refractivity contribution in [3.63, 3.8) is 0 Å². The molecule has 0 aliphatic carbocycles. The van der Waals surface area contributed by atoms with Crippen molar-refractivity contribution < 1.29 is 19.4 Å².